The fourth-order valence-electron chi connectivity index (χ4n) is 7.41. The number of likely N-dealkylation sites (tertiary alicyclic amines) is 1. The van der Waals surface area contributed by atoms with E-state index < -0.39 is 23.1 Å². The summed E-state index contributed by atoms with van der Waals surface area (Å²) in [5.41, 5.74) is 0.411. The summed E-state index contributed by atoms with van der Waals surface area (Å²) >= 11 is 8.32. The van der Waals surface area contributed by atoms with Crippen LogP contribution in [0.15, 0.2) is 40.5 Å². The van der Waals surface area contributed by atoms with Crippen molar-refractivity contribution >= 4 is 46.0 Å². The van der Waals surface area contributed by atoms with E-state index in [1.165, 1.54) is 17.8 Å². The van der Waals surface area contributed by atoms with E-state index in [1.54, 1.807) is 15.5 Å². The number of aromatic nitrogens is 2. The number of halogens is 4. The Hall–Kier alpha value is -3.06. The number of hydrogen-bond donors (Lipinski definition) is 0. The van der Waals surface area contributed by atoms with Gasteiger partial charge in [0.05, 0.1) is 29.8 Å². The highest BCUT2D eigenvalue weighted by Crippen LogP contribution is 2.49. The number of nitrogens with zero attached hydrogens (tertiary/aromatic N) is 5. The van der Waals surface area contributed by atoms with Crippen molar-refractivity contribution in [1.29, 1.82) is 0 Å². The van der Waals surface area contributed by atoms with Crippen LogP contribution < -0.4 is 10.6 Å². The molecule has 3 fully saturated rings. The zero-order valence-corrected chi connectivity index (χ0v) is 27.3. The Balaban J connectivity index is 1.36. The van der Waals surface area contributed by atoms with E-state index >= 15 is 4.39 Å². The highest BCUT2D eigenvalue weighted by molar-refractivity contribution is 7.99. The predicted octanol–water partition coefficient (Wildman–Crippen LogP) is 5.51. The average Bonchev–Trinajstić information content (AvgIpc) is 3.01. The Morgan fingerprint density at radius 1 is 1.11 bits per heavy atom. The molecule has 0 aliphatic carbocycles. The van der Waals surface area contributed by atoms with Gasteiger partial charge in [-0.2, -0.15) is 4.98 Å². The van der Waals surface area contributed by atoms with Gasteiger partial charge >= 0.3 is 5.69 Å². The molecule has 1 aromatic heterocycles. The number of amides is 1. The van der Waals surface area contributed by atoms with Crippen LogP contribution in [0.1, 0.15) is 32.7 Å². The molecule has 1 spiro atoms. The zero-order valence-electron chi connectivity index (χ0n) is 25.7. The number of thioether (sulfide) groups is 1. The average molecular weight is 674 g/mol. The standard InChI is InChI=1S/C33H35ClF3N5O3S/c1-4-27(43)40-12-19(3)41(13-18(40)2)31-22-9-23(34)28(21-10-25(36)26(37)11-24(21)35)30-29(22)42(32(44)38-31)20(15-46-30)14-39-7-5-33(6-8-39)16-45-17-33/h4,9-11,18-20H,1,5-8,12-17H2,2-3H3/t18-,19+,20+/m1/s1. The lowest BCUT2D eigenvalue weighted by molar-refractivity contribution is -0.140. The molecule has 2 aromatic carbocycles. The Morgan fingerprint density at radius 2 is 1.83 bits per heavy atom. The van der Waals surface area contributed by atoms with E-state index in [1.807, 2.05) is 18.7 Å². The first kappa shape index (κ1) is 31.5. The minimum Gasteiger partial charge on any atom is -0.380 e. The summed E-state index contributed by atoms with van der Waals surface area (Å²) in [5.74, 6) is -2.69. The van der Waals surface area contributed by atoms with Crippen LogP contribution in [-0.4, -0.2) is 89.0 Å². The minimum atomic E-state index is -1.29. The van der Waals surface area contributed by atoms with Gasteiger partial charge in [0.1, 0.15) is 11.6 Å². The molecule has 5 heterocycles. The lowest BCUT2D eigenvalue weighted by Crippen LogP contribution is -2.58. The van der Waals surface area contributed by atoms with Crippen LogP contribution in [0.2, 0.25) is 5.02 Å². The van der Waals surface area contributed by atoms with Crippen LogP contribution in [0, 0.1) is 22.9 Å². The van der Waals surface area contributed by atoms with E-state index in [2.05, 4.69) is 16.5 Å². The molecule has 13 heteroatoms. The Bertz CT molecular complexity index is 1810. The van der Waals surface area contributed by atoms with Crippen molar-refractivity contribution in [2.75, 3.05) is 56.6 Å². The van der Waals surface area contributed by atoms with Gasteiger partial charge in [-0.25, -0.2) is 18.0 Å². The third kappa shape index (κ3) is 5.21. The molecule has 4 aliphatic rings. The quantitative estimate of drug-likeness (QED) is 0.262. The third-order valence-electron chi connectivity index (χ3n) is 10.1. The maximum Gasteiger partial charge on any atom is 0.350 e. The number of anilines is 1. The van der Waals surface area contributed by atoms with Crippen LogP contribution in [0.25, 0.3) is 22.0 Å². The van der Waals surface area contributed by atoms with Crippen molar-refractivity contribution < 1.29 is 22.7 Å². The van der Waals surface area contributed by atoms with Gasteiger partial charge in [-0.3, -0.25) is 9.36 Å². The maximum absolute atomic E-state index is 15.3. The minimum absolute atomic E-state index is 0.136. The number of piperazine rings is 1. The molecule has 0 unspecified atom stereocenters. The fourth-order valence-corrected chi connectivity index (χ4v) is 9.10. The molecule has 0 bridgehead atoms. The number of carbonyl (C=O) groups is 1. The Kier molecular flexibility index (Phi) is 8.14. The first-order valence-corrected chi connectivity index (χ1v) is 16.9. The van der Waals surface area contributed by atoms with E-state index in [0.717, 1.165) is 45.2 Å². The molecular formula is C33H35ClF3N5O3S. The molecule has 3 atom stereocenters. The molecule has 4 aliphatic heterocycles. The van der Waals surface area contributed by atoms with Gasteiger partial charge in [-0.05, 0) is 58.0 Å². The van der Waals surface area contributed by atoms with Gasteiger partial charge < -0.3 is 19.4 Å². The van der Waals surface area contributed by atoms with Crippen LogP contribution in [-0.2, 0) is 9.53 Å². The summed E-state index contributed by atoms with van der Waals surface area (Å²) in [6, 6.07) is 2.37. The van der Waals surface area contributed by atoms with E-state index in [0.29, 0.717) is 53.1 Å². The van der Waals surface area contributed by atoms with Crippen LogP contribution >= 0.6 is 23.4 Å². The molecule has 3 saturated heterocycles. The summed E-state index contributed by atoms with van der Waals surface area (Å²) < 4.78 is 50.9. The van der Waals surface area contributed by atoms with E-state index in [9.17, 15) is 18.4 Å². The van der Waals surface area contributed by atoms with Gasteiger partial charge in [0, 0.05) is 70.4 Å². The van der Waals surface area contributed by atoms with Gasteiger partial charge in [-0.1, -0.05) is 18.2 Å². The normalized spacial score (nSPS) is 24.3. The first-order chi connectivity index (χ1) is 22.0. The van der Waals surface area contributed by atoms with Gasteiger partial charge in [0.15, 0.2) is 11.6 Å². The molecule has 0 radical (unpaired) electrons. The number of benzene rings is 2. The summed E-state index contributed by atoms with van der Waals surface area (Å²) in [7, 11) is 0. The van der Waals surface area contributed by atoms with Gasteiger partial charge in [0.25, 0.3) is 0 Å². The second-order valence-electron chi connectivity index (χ2n) is 13.1. The van der Waals surface area contributed by atoms with Crippen LogP contribution in [0.4, 0.5) is 19.0 Å². The molecule has 244 valence electrons. The summed E-state index contributed by atoms with van der Waals surface area (Å²) in [6.45, 7) is 12.4. The topological polar surface area (TPSA) is 70.9 Å². The van der Waals surface area contributed by atoms with Crippen molar-refractivity contribution in [2.45, 2.75) is 49.7 Å². The summed E-state index contributed by atoms with van der Waals surface area (Å²) in [4.78, 5) is 37.9. The number of carbonyl (C=O) groups excluding carboxylic acids is 1. The van der Waals surface area contributed by atoms with Crippen molar-refractivity contribution in [3.8, 4) is 11.1 Å². The highest BCUT2D eigenvalue weighted by Gasteiger charge is 2.42. The predicted molar refractivity (Wildman–Crippen MR) is 173 cm³/mol. The monoisotopic (exact) mass is 673 g/mol. The number of piperidine rings is 1. The molecular weight excluding hydrogens is 639 g/mol. The van der Waals surface area contributed by atoms with Crippen LogP contribution in [0.5, 0.6) is 0 Å². The molecule has 7 rings (SSSR count). The van der Waals surface area contributed by atoms with E-state index in [-0.39, 0.29) is 45.6 Å². The molecule has 0 saturated carbocycles. The fraction of sp³-hybridized carbons (Fsp3) is 0.485. The largest absolute Gasteiger partial charge is 0.380 e. The van der Waals surface area contributed by atoms with E-state index in [4.69, 9.17) is 16.3 Å². The van der Waals surface area contributed by atoms with Crippen molar-refractivity contribution in [3.05, 3.63) is 63.8 Å². The second kappa shape index (κ2) is 11.9. The van der Waals surface area contributed by atoms with Crippen molar-refractivity contribution in [3.63, 3.8) is 0 Å². The van der Waals surface area contributed by atoms with Gasteiger partial charge in [-0.15, -0.1) is 11.8 Å². The smallest absolute Gasteiger partial charge is 0.350 e. The molecule has 8 nitrogen and oxygen atoms in total. The molecule has 1 amide bonds. The van der Waals surface area contributed by atoms with Crippen molar-refractivity contribution in [2.24, 2.45) is 5.41 Å². The highest BCUT2D eigenvalue weighted by atomic mass is 35.5. The SMILES string of the molecule is C=CC(=O)N1C[C@H](C)N(c2nc(=O)n3c4c(c(-c5cc(F)c(F)cc5F)c(Cl)cc24)SC[C@@H]3CN2CCC3(CC2)COC3)C[C@H]1C. The summed E-state index contributed by atoms with van der Waals surface area (Å²) in [5, 5.41) is 0.743. The first-order valence-electron chi connectivity index (χ1n) is 15.6. The lowest BCUT2D eigenvalue weighted by Gasteiger charge is -2.48. The third-order valence-corrected chi connectivity index (χ3v) is 11.6. The molecule has 0 N–H and O–H groups in total. The maximum atomic E-state index is 15.3. The van der Waals surface area contributed by atoms with Gasteiger partial charge in [0.2, 0.25) is 5.91 Å². The molecule has 3 aromatic rings. The molecule has 46 heavy (non-hydrogen) atoms. The Morgan fingerprint density at radius 3 is 2.50 bits per heavy atom. The zero-order chi connectivity index (χ0) is 32.5. The number of rotatable bonds is 5. The summed E-state index contributed by atoms with van der Waals surface area (Å²) in [6.07, 6.45) is 3.37. The number of hydrogen-bond acceptors (Lipinski definition) is 7. The lowest BCUT2D eigenvalue weighted by atomic mass is 9.77. The Labute approximate surface area is 274 Å². The second-order valence-corrected chi connectivity index (χ2v) is 14.5. The van der Waals surface area contributed by atoms with Crippen LogP contribution in [0.3, 0.4) is 0 Å². The van der Waals surface area contributed by atoms with Crippen molar-refractivity contribution in [1.82, 2.24) is 19.4 Å². The number of ether oxygens (including phenoxy) is 1.